The molecule has 1 amide bonds. The molecule has 1 aromatic rings. The summed E-state index contributed by atoms with van der Waals surface area (Å²) in [7, 11) is 0. The van der Waals surface area contributed by atoms with Gasteiger partial charge in [-0.05, 0) is 19.1 Å². The second-order valence-corrected chi connectivity index (χ2v) is 3.65. The summed E-state index contributed by atoms with van der Waals surface area (Å²) in [6.45, 7) is 2.87. The van der Waals surface area contributed by atoms with Crippen molar-refractivity contribution in [3.8, 4) is 0 Å². The summed E-state index contributed by atoms with van der Waals surface area (Å²) in [6, 6.07) is 5.87. The zero-order valence-corrected chi connectivity index (χ0v) is 9.70. The molecule has 1 rings (SSSR count). The summed E-state index contributed by atoms with van der Waals surface area (Å²) in [5.41, 5.74) is 0.118. The van der Waals surface area contributed by atoms with Gasteiger partial charge < -0.3 is 10.1 Å². The lowest BCUT2D eigenvalue weighted by Crippen LogP contribution is -2.22. The molecule has 4 nitrogen and oxygen atoms in total. The zero-order valence-electron chi connectivity index (χ0n) is 9.70. The molecule has 0 spiro atoms. The van der Waals surface area contributed by atoms with Gasteiger partial charge in [-0.1, -0.05) is 12.1 Å². The van der Waals surface area contributed by atoms with Crippen LogP contribution in [0.1, 0.15) is 20.3 Å². The van der Waals surface area contributed by atoms with E-state index in [2.05, 4.69) is 5.32 Å². The molecular weight excluding hydrogens is 225 g/mol. The normalized spacial score (nSPS) is 11.7. The number of hydrogen-bond donors (Lipinski definition) is 1. The van der Waals surface area contributed by atoms with E-state index in [1.54, 1.807) is 13.0 Å². The quantitative estimate of drug-likeness (QED) is 0.819. The van der Waals surface area contributed by atoms with Crippen molar-refractivity contribution in [2.45, 2.75) is 26.4 Å². The molecular formula is C12H14FNO3. The number of amides is 1. The molecule has 0 aliphatic carbocycles. The highest BCUT2D eigenvalue weighted by Gasteiger charge is 2.12. The number of carbonyl (C=O) groups excluding carboxylic acids is 2. The Balaban J connectivity index is 2.50. The fraction of sp³-hybridized carbons (Fsp3) is 0.333. The topological polar surface area (TPSA) is 55.4 Å². The van der Waals surface area contributed by atoms with Crippen LogP contribution in [-0.2, 0) is 14.3 Å². The van der Waals surface area contributed by atoms with Gasteiger partial charge in [0, 0.05) is 6.92 Å². The highest BCUT2D eigenvalue weighted by atomic mass is 19.1. The number of benzene rings is 1. The van der Waals surface area contributed by atoms with Gasteiger partial charge in [0.05, 0.1) is 12.1 Å². The van der Waals surface area contributed by atoms with Gasteiger partial charge in [-0.3, -0.25) is 9.59 Å². The van der Waals surface area contributed by atoms with E-state index in [9.17, 15) is 14.0 Å². The van der Waals surface area contributed by atoms with E-state index in [1.807, 2.05) is 0 Å². The summed E-state index contributed by atoms with van der Waals surface area (Å²) in [5.74, 6) is -1.35. The standard InChI is InChI=1S/C12H14FNO3/c1-8(17-9(2)15)7-12(16)14-11-6-4-3-5-10(11)13/h3-6,8H,7H2,1-2H3,(H,14,16)/t8-/m0/s1. The Morgan fingerprint density at radius 3 is 2.65 bits per heavy atom. The van der Waals surface area contributed by atoms with E-state index in [-0.39, 0.29) is 12.1 Å². The minimum Gasteiger partial charge on any atom is -0.462 e. The molecule has 0 aliphatic heterocycles. The smallest absolute Gasteiger partial charge is 0.302 e. The van der Waals surface area contributed by atoms with Crippen LogP contribution >= 0.6 is 0 Å². The van der Waals surface area contributed by atoms with Crippen molar-refractivity contribution >= 4 is 17.6 Å². The summed E-state index contributed by atoms with van der Waals surface area (Å²) in [4.78, 5) is 22.1. The van der Waals surface area contributed by atoms with E-state index in [1.165, 1.54) is 25.1 Å². The fourth-order valence-corrected chi connectivity index (χ4v) is 1.35. The zero-order chi connectivity index (χ0) is 12.8. The lowest BCUT2D eigenvalue weighted by Gasteiger charge is -2.11. The number of carbonyl (C=O) groups is 2. The maximum atomic E-state index is 13.2. The maximum Gasteiger partial charge on any atom is 0.302 e. The summed E-state index contributed by atoms with van der Waals surface area (Å²) < 4.78 is 18.0. The van der Waals surface area contributed by atoms with Crippen LogP contribution in [0.2, 0.25) is 0 Å². The Labute approximate surface area is 98.8 Å². The highest BCUT2D eigenvalue weighted by molar-refractivity contribution is 5.91. The number of anilines is 1. The van der Waals surface area contributed by atoms with Gasteiger partial charge in [0.2, 0.25) is 5.91 Å². The fourth-order valence-electron chi connectivity index (χ4n) is 1.35. The lowest BCUT2D eigenvalue weighted by atomic mass is 10.2. The van der Waals surface area contributed by atoms with E-state index >= 15 is 0 Å². The number of rotatable bonds is 4. The van der Waals surface area contributed by atoms with Gasteiger partial charge in [-0.15, -0.1) is 0 Å². The number of halogens is 1. The van der Waals surface area contributed by atoms with Gasteiger partial charge in [-0.2, -0.15) is 0 Å². The van der Waals surface area contributed by atoms with Crippen molar-refractivity contribution in [2.24, 2.45) is 0 Å². The van der Waals surface area contributed by atoms with Gasteiger partial charge in [-0.25, -0.2) is 4.39 Å². The number of esters is 1. The molecule has 0 aromatic heterocycles. The Morgan fingerprint density at radius 1 is 1.41 bits per heavy atom. The summed E-state index contributed by atoms with van der Waals surface area (Å²) in [6.07, 6.45) is -0.534. The van der Waals surface area contributed by atoms with Crippen LogP contribution in [0.5, 0.6) is 0 Å². The minimum atomic E-state index is -0.528. The molecule has 0 radical (unpaired) electrons. The molecule has 0 fully saturated rings. The third kappa shape index (κ3) is 4.63. The first-order valence-corrected chi connectivity index (χ1v) is 5.20. The highest BCUT2D eigenvalue weighted by Crippen LogP contribution is 2.13. The largest absolute Gasteiger partial charge is 0.462 e. The second kappa shape index (κ2) is 5.98. The monoisotopic (exact) mass is 239 g/mol. The van der Waals surface area contributed by atoms with E-state index in [0.717, 1.165) is 0 Å². The molecule has 1 aromatic carbocycles. The number of ether oxygens (including phenoxy) is 1. The van der Waals surface area contributed by atoms with E-state index in [4.69, 9.17) is 4.74 Å². The van der Waals surface area contributed by atoms with Gasteiger partial charge in [0.25, 0.3) is 0 Å². The van der Waals surface area contributed by atoms with Crippen LogP contribution in [0.4, 0.5) is 10.1 Å². The van der Waals surface area contributed by atoms with Gasteiger partial charge >= 0.3 is 5.97 Å². The van der Waals surface area contributed by atoms with Crippen LogP contribution in [0, 0.1) is 5.82 Å². The number of para-hydroxylation sites is 1. The van der Waals surface area contributed by atoms with Crippen molar-refractivity contribution in [2.75, 3.05) is 5.32 Å². The van der Waals surface area contributed by atoms with E-state index < -0.39 is 23.8 Å². The molecule has 1 N–H and O–H groups in total. The molecule has 5 heteroatoms. The minimum absolute atomic E-state index is 0.00604. The van der Waals surface area contributed by atoms with Crippen molar-refractivity contribution in [3.05, 3.63) is 30.1 Å². The summed E-state index contributed by atoms with van der Waals surface area (Å²) in [5, 5.41) is 2.41. The predicted octanol–water partition coefficient (Wildman–Crippen LogP) is 2.11. The van der Waals surface area contributed by atoms with Crippen molar-refractivity contribution in [3.63, 3.8) is 0 Å². The molecule has 92 valence electrons. The molecule has 0 saturated heterocycles. The SMILES string of the molecule is CC(=O)O[C@@H](C)CC(=O)Nc1ccccc1F. The summed E-state index contributed by atoms with van der Waals surface area (Å²) >= 11 is 0. The van der Waals surface area contributed by atoms with E-state index in [0.29, 0.717) is 0 Å². The van der Waals surface area contributed by atoms with Gasteiger partial charge in [0.1, 0.15) is 11.9 Å². The van der Waals surface area contributed by atoms with Gasteiger partial charge in [0.15, 0.2) is 0 Å². The third-order valence-electron chi connectivity index (χ3n) is 1.99. The van der Waals surface area contributed by atoms with Crippen molar-refractivity contribution < 1.29 is 18.7 Å². The molecule has 1 atom stereocenters. The molecule has 0 aliphatic rings. The number of nitrogens with one attached hydrogen (secondary N) is 1. The first-order chi connectivity index (χ1) is 7.99. The van der Waals surface area contributed by atoms with Crippen LogP contribution in [0.15, 0.2) is 24.3 Å². The predicted molar refractivity (Wildman–Crippen MR) is 60.9 cm³/mol. The molecule has 0 unspecified atom stereocenters. The van der Waals surface area contributed by atoms with Crippen molar-refractivity contribution in [1.82, 2.24) is 0 Å². The molecule has 17 heavy (non-hydrogen) atoms. The van der Waals surface area contributed by atoms with Crippen LogP contribution in [0.25, 0.3) is 0 Å². The third-order valence-corrected chi connectivity index (χ3v) is 1.99. The van der Waals surface area contributed by atoms with Crippen LogP contribution < -0.4 is 5.32 Å². The molecule has 0 bridgehead atoms. The Morgan fingerprint density at radius 2 is 2.06 bits per heavy atom. The Kier molecular flexibility index (Phi) is 4.63. The maximum absolute atomic E-state index is 13.2. The van der Waals surface area contributed by atoms with Crippen LogP contribution in [0.3, 0.4) is 0 Å². The average Bonchev–Trinajstić information content (AvgIpc) is 2.19. The number of hydrogen-bond acceptors (Lipinski definition) is 3. The first-order valence-electron chi connectivity index (χ1n) is 5.20. The first kappa shape index (κ1) is 13.2. The molecule has 0 saturated carbocycles. The lowest BCUT2D eigenvalue weighted by molar-refractivity contribution is -0.146. The van der Waals surface area contributed by atoms with Crippen molar-refractivity contribution in [1.29, 1.82) is 0 Å². The Bertz CT molecular complexity index is 420. The molecule has 0 heterocycles. The van der Waals surface area contributed by atoms with Crippen LogP contribution in [-0.4, -0.2) is 18.0 Å². The Hall–Kier alpha value is -1.91. The second-order valence-electron chi connectivity index (χ2n) is 3.65. The average molecular weight is 239 g/mol.